The van der Waals surface area contributed by atoms with E-state index in [1.54, 1.807) is 0 Å². The highest BCUT2D eigenvalue weighted by atomic mass is 16.5. The molecule has 9 heteroatoms. The number of primary amides is 1. The summed E-state index contributed by atoms with van der Waals surface area (Å²) in [6.07, 6.45) is -0.266. The summed E-state index contributed by atoms with van der Waals surface area (Å²) in [7, 11) is 0. The molecular formula is C20H27N3O6. The molecule has 5 N–H and O–H groups in total. The van der Waals surface area contributed by atoms with Crippen LogP contribution in [0.5, 0.6) is 0 Å². The highest BCUT2D eigenvalue weighted by Crippen LogP contribution is 2.24. The first kappa shape index (κ1) is 22.4. The van der Waals surface area contributed by atoms with Gasteiger partial charge in [0, 0.05) is 19.4 Å². The molecule has 0 aliphatic heterocycles. The first-order chi connectivity index (χ1) is 13.8. The molecule has 1 aliphatic rings. The molecule has 1 saturated carbocycles. The smallest absolute Gasteiger partial charge is 0.407 e. The first-order valence-electron chi connectivity index (χ1n) is 9.58. The maximum atomic E-state index is 12.1. The molecule has 0 spiro atoms. The molecule has 3 amide bonds. The number of aliphatic hydroxyl groups is 1. The van der Waals surface area contributed by atoms with E-state index in [2.05, 4.69) is 10.6 Å². The summed E-state index contributed by atoms with van der Waals surface area (Å²) in [6, 6.07) is 8.15. The molecule has 0 bridgehead atoms. The van der Waals surface area contributed by atoms with E-state index in [0.717, 1.165) is 5.56 Å². The normalized spacial score (nSPS) is 18.4. The van der Waals surface area contributed by atoms with E-state index in [4.69, 9.17) is 10.5 Å². The summed E-state index contributed by atoms with van der Waals surface area (Å²) in [5.74, 6) is -1.59. The third-order valence-electron chi connectivity index (χ3n) is 4.73. The lowest BCUT2D eigenvalue weighted by Gasteiger charge is -2.28. The molecule has 9 nitrogen and oxygen atoms in total. The third-order valence-corrected chi connectivity index (χ3v) is 4.73. The molecule has 0 heterocycles. The lowest BCUT2D eigenvalue weighted by molar-refractivity contribution is -0.131. The Morgan fingerprint density at radius 1 is 1.24 bits per heavy atom. The van der Waals surface area contributed by atoms with Crippen molar-refractivity contribution in [1.82, 2.24) is 10.6 Å². The van der Waals surface area contributed by atoms with Gasteiger partial charge >= 0.3 is 6.09 Å². The van der Waals surface area contributed by atoms with Crippen LogP contribution in [0.15, 0.2) is 30.3 Å². The van der Waals surface area contributed by atoms with E-state index in [0.29, 0.717) is 19.3 Å². The van der Waals surface area contributed by atoms with Crippen LogP contribution < -0.4 is 16.4 Å². The largest absolute Gasteiger partial charge is 0.445 e. The quantitative estimate of drug-likeness (QED) is 0.467. The zero-order chi connectivity index (χ0) is 21.2. The van der Waals surface area contributed by atoms with Crippen LogP contribution in [0.25, 0.3) is 0 Å². The molecule has 0 unspecified atom stereocenters. The number of carbonyl (C=O) groups excluding carboxylic acids is 4. The number of amides is 3. The van der Waals surface area contributed by atoms with Gasteiger partial charge in [-0.1, -0.05) is 30.3 Å². The van der Waals surface area contributed by atoms with Gasteiger partial charge in [0.05, 0.1) is 12.5 Å². The van der Waals surface area contributed by atoms with Crippen LogP contribution in [-0.2, 0) is 25.7 Å². The van der Waals surface area contributed by atoms with Crippen molar-refractivity contribution >= 4 is 23.7 Å². The number of ether oxygens (including phenoxy) is 1. The molecule has 158 valence electrons. The standard InChI is InChI=1S/C20H27N3O6/c21-19(27)18(14-7-4-8-15(24)9-14)23-17(26)10-16(25)11-22-20(28)29-12-13-5-2-1-3-6-13/h1-3,5-6,14,16,18,25H,4,7-12H2,(H2,21,27)(H,22,28)(H,23,26)/t14-,16-,18-/m1/s1. The molecule has 29 heavy (non-hydrogen) atoms. The van der Waals surface area contributed by atoms with Crippen molar-refractivity contribution in [2.24, 2.45) is 11.7 Å². The second-order valence-electron chi connectivity index (χ2n) is 7.14. The van der Waals surface area contributed by atoms with Gasteiger partial charge in [0.1, 0.15) is 18.4 Å². The van der Waals surface area contributed by atoms with Crippen molar-refractivity contribution in [3.8, 4) is 0 Å². The van der Waals surface area contributed by atoms with Crippen LogP contribution in [0.4, 0.5) is 4.79 Å². The van der Waals surface area contributed by atoms with Gasteiger partial charge in [-0.05, 0) is 24.3 Å². The highest BCUT2D eigenvalue weighted by Gasteiger charge is 2.32. The average molecular weight is 405 g/mol. The highest BCUT2D eigenvalue weighted by molar-refractivity contribution is 5.88. The van der Waals surface area contributed by atoms with Crippen LogP contribution >= 0.6 is 0 Å². The van der Waals surface area contributed by atoms with Crippen molar-refractivity contribution in [2.45, 2.75) is 50.9 Å². The number of nitrogens with one attached hydrogen (secondary N) is 2. The summed E-state index contributed by atoms with van der Waals surface area (Å²) >= 11 is 0. The Morgan fingerprint density at radius 3 is 2.62 bits per heavy atom. The summed E-state index contributed by atoms with van der Waals surface area (Å²) in [4.78, 5) is 47.1. The molecule has 0 aromatic heterocycles. The van der Waals surface area contributed by atoms with Gasteiger partial charge in [-0.3, -0.25) is 14.4 Å². The van der Waals surface area contributed by atoms with Crippen LogP contribution in [0, 0.1) is 5.92 Å². The predicted molar refractivity (Wildman–Crippen MR) is 103 cm³/mol. The molecule has 1 aromatic carbocycles. The Hall–Kier alpha value is -2.94. The fourth-order valence-electron chi connectivity index (χ4n) is 3.26. The van der Waals surface area contributed by atoms with Crippen molar-refractivity contribution in [1.29, 1.82) is 0 Å². The van der Waals surface area contributed by atoms with E-state index in [9.17, 15) is 24.3 Å². The van der Waals surface area contributed by atoms with Gasteiger partial charge in [0.15, 0.2) is 0 Å². The van der Waals surface area contributed by atoms with Crippen LogP contribution in [0.1, 0.15) is 37.7 Å². The fourth-order valence-corrected chi connectivity index (χ4v) is 3.26. The lowest BCUT2D eigenvalue weighted by Crippen LogP contribution is -2.51. The Labute approximate surface area is 169 Å². The summed E-state index contributed by atoms with van der Waals surface area (Å²) in [5, 5.41) is 14.8. The minimum atomic E-state index is -1.17. The average Bonchev–Trinajstić information content (AvgIpc) is 2.69. The zero-order valence-corrected chi connectivity index (χ0v) is 16.1. The number of nitrogens with two attached hydrogens (primary N) is 1. The van der Waals surface area contributed by atoms with Gasteiger partial charge in [-0.25, -0.2) is 4.79 Å². The third kappa shape index (κ3) is 7.90. The van der Waals surface area contributed by atoms with E-state index >= 15 is 0 Å². The number of alkyl carbamates (subject to hydrolysis) is 1. The second-order valence-corrected chi connectivity index (χ2v) is 7.14. The molecule has 1 aliphatic carbocycles. The van der Waals surface area contributed by atoms with Crippen molar-refractivity contribution in [3.63, 3.8) is 0 Å². The molecule has 0 saturated heterocycles. The van der Waals surface area contributed by atoms with E-state index in [1.165, 1.54) is 0 Å². The van der Waals surface area contributed by atoms with Crippen molar-refractivity contribution < 1.29 is 29.0 Å². The number of carbonyl (C=O) groups is 4. The number of aliphatic hydroxyl groups excluding tert-OH is 1. The predicted octanol–water partition coefficient (Wildman–Crippen LogP) is 0.393. The molecular weight excluding hydrogens is 378 g/mol. The fraction of sp³-hybridized carbons (Fsp3) is 0.500. The Bertz CT molecular complexity index is 724. The number of hydrogen-bond acceptors (Lipinski definition) is 6. The first-order valence-corrected chi connectivity index (χ1v) is 9.58. The van der Waals surface area contributed by atoms with Crippen LogP contribution in [-0.4, -0.2) is 47.5 Å². The second kappa shape index (κ2) is 11.2. The number of rotatable bonds is 9. The minimum absolute atomic E-state index is 0.0417. The van der Waals surface area contributed by atoms with Crippen molar-refractivity contribution in [3.05, 3.63) is 35.9 Å². The monoisotopic (exact) mass is 405 g/mol. The lowest BCUT2D eigenvalue weighted by atomic mass is 9.83. The summed E-state index contributed by atoms with van der Waals surface area (Å²) < 4.78 is 5.01. The van der Waals surface area contributed by atoms with Gasteiger partial charge in [0.25, 0.3) is 0 Å². The number of Topliss-reactive ketones (excluding diaryl/α,β-unsaturated/α-hetero) is 1. The Morgan fingerprint density at radius 2 is 1.97 bits per heavy atom. The number of hydrogen-bond donors (Lipinski definition) is 4. The number of benzene rings is 1. The van der Waals surface area contributed by atoms with Gasteiger partial charge < -0.3 is 26.2 Å². The molecule has 2 rings (SSSR count). The van der Waals surface area contributed by atoms with Crippen LogP contribution in [0.3, 0.4) is 0 Å². The van der Waals surface area contributed by atoms with Crippen molar-refractivity contribution in [2.75, 3.05) is 6.54 Å². The minimum Gasteiger partial charge on any atom is -0.445 e. The molecule has 3 atom stereocenters. The molecule has 0 radical (unpaired) electrons. The summed E-state index contributed by atoms with van der Waals surface area (Å²) in [6.45, 7) is -0.103. The molecule has 1 aromatic rings. The van der Waals surface area contributed by atoms with Gasteiger partial charge in [-0.15, -0.1) is 0 Å². The maximum Gasteiger partial charge on any atom is 0.407 e. The van der Waals surface area contributed by atoms with Gasteiger partial charge in [0.2, 0.25) is 11.8 Å². The number of ketones is 1. The topological polar surface area (TPSA) is 148 Å². The van der Waals surface area contributed by atoms with E-state index in [-0.39, 0.29) is 37.7 Å². The zero-order valence-electron chi connectivity index (χ0n) is 16.1. The van der Waals surface area contributed by atoms with E-state index in [1.807, 2.05) is 30.3 Å². The Balaban J connectivity index is 1.72. The van der Waals surface area contributed by atoms with Gasteiger partial charge in [-0.2, -0.15) is 0 Å². The molecule has 1 fully saturated rings. The maximum absolute atomic E-state index is 12.1. The van der Waals surface area contributed by atoms with E-state index < -0.39 is 30.1 Å². The SMILES string of the molecule is NC(=O)[C@H](NC(=O)C[C@@H](O)CNC(=O)OCc1ccccc1)[C@@H]1CCCC(=O)C1. The Kier molecular flexibility index (Phi) is 8.60. The van der Waals surface area contributed by atoms with Crippen LogP contribution in [0.2, 0.25) is 0 Å². The summed E-state index contributed by atoms with van der Waals surface area (Å²) in [5.41, 5.74) is 6.19.